The number of halogens is 2. The first-order valence-electron chi connectivity index (χ1n) is 5.32. The number of nitrogens with zero attached hydrogens (tertiary/aromatic N) is 2. The van der Waals surface area contributed by atoms with Gasteiger partial charge in [-0.2, -0.15) is 0 Å². The van der Waals surface area contributed by atoms with Gasteiger partial charge in [0.25, 0.3) is 0 Å². The number of rotatable bonds is 6. The molecule has 0 rings (SSSR count). The Hall–Kier alpha value is 0.614. The molecule has 4 nitrogen and oxygen atoms in total. The van der Waals surface area contributed by atoms with Crippen LogP contribution in [0, 0.1) is 0 Å². The van der Waals surface area contributed by atoms with E-state index in [1.165, 1.54) is 0 Å². The van der Waals surface area contributed by atoms with Crippen molar-refractivity contribution in [3.63, 3.8) is 0 Å². The van der Waals surface area contributed by atoms with Gasteiger partial charge in [0.05, 0.1) is 0 Å². The summed E-state index contributed by atoms with van der Waals surface area (Å²) in [5, 5.41) is 0. The molecule has 0 radical (unpaired) electrons. The summed E-state index contributed by atoms with van der Waals surface area (Å²) in [6.07, 6.45) is 2.88. The van der Waals surface area contributed by atoms with Crippen LogP contribution in [0.25, 0.3) is 0 Å². The van der Waals surface area contributed by atoms with Crippen molar-refractivity contribution in [2.45, 2.75) is 39.5 Å². The zero-order valence-corrected chi connectivity index (χ0v) is 15.5. The third kappa shape index (κ3) is 10.2. The molecule has 0 bridgehead atoms. The van der Waals surface area contributed by atoms with Gasteiger partial charge >= 0.3 is 101 Å². The Morgan fingerprint density at radius 3 is 1.41 bits per heavy atom. The van der Waals surface area contributed by atoms with Crippen molar-refractivity contribution in [1.82, 2.24) is 6.76 Å². The number of carbonyl (C=O) groups excluding carboxylic acids is 2. The van der Waals surface area contributed by atoms with Crippen molar-refractivity contribution >= 4 is 11.8 Å². The molecule has 2 amide bonds. The zero-order chi connectivity index (χ0) is 11.8. The molecule has 0 aliphatic heterocycles. The normalized spacial score (nSPS) is 8.24. The summed E-state index contributed by atoms with van der Waals surface area (Å²) >= 11 is -0.778. The van der Waals surface area contributed by atoms with E-state index in [0.717, 1.165) is 12.8 Å². The zero-order valence-electron chi connectivity index (χ0n) is 10.8. The first-order valence-corrected chi connectivity index (χ1v) is 6.72. The van der Waals surface area contributed by atoms with Gasteiger partial charge in [0.1, 0.15) is 0 Å². The van der Waals surface area contributed by atoms with Gasteiger partial charge in [0.2, 0.25) is 0 Å². The van der Waals surface area contributed by atoms with E-state index in [1.807, 2.05) is 13.8 Å². The largest absolute Gasteiger partial charge is 1.00 e. The van der Waals surface area contributed by atoms with Gasteiger partial charge in [-0.1, -0.05) is 0 Å². The fraction of sp³-hybridized carbons (Fsp3) is 0.800. The minimum absolute atomic E-state index is 0. The maximum absolute atomic E-state index is 11.5. The minimum Gasteiger partial charge on any atom is -1.00 e. The van der Waals surface area contributed by atoms with Crippen LogP contribution in [-0.4, -0.2) is 32.7 Å². The van der Waals surface area contributed by atoms with Gasteiger partial charge in [-0.25, -0.2) is 0 Å². The second-order valence-corrected chi connectivity index (χ2v) is 5.91. The predicted octanol–water partition coefficient (Wildman–Crippen LogP) is -4.58. The summed E-state index contributed by atoms with van der Waals surface area (Å²) in [6.45, 7) is 3.97. The van der Waals surface area contributed by atoms with Gasteiger partial charge in [-0.3, -0.25) is 0 Å². The van der Waals surface area contributed by atoms with E-state index in [2.05, 4.69) is 0 Å². The molecule has 100 valence electrons. The van der Waals surface area contributed by atoms with Crippen LogP contribution in [0.5, 0.6) is 0 Å². The number of hydrogen-bond acceptors (Lipinski definition) is 2. The van der Waals surface area contributed by atoms with Crippen molar-refractivity contribution in [3.05, 3.63) is 0 Å². The topological polar surface area (TPSA) is 40.6 Å². The summed E-state index contributed by atoms with van der Waals surface area (Å²) < 4.78 is 3.44. The van der Waals surface area contributed by atoms with Crippen LogP contribution in [-0.2, 0) is 29.3 Å². The van der Waals surface area contributed by atoms with Crippen LogP contribution in [0.2, 0.25) is 0 Å². The second kappa shape index (κ2) is 13.1. The first kappa shape index (κ1) is 22.8. The SMILES string of the molecule is CCCC(=O)[N](C)[Ti+2][N](C)C(=O)CCC.[Br-].[Br-]. The average molecular weight is 408 g/mol. The molecule has 0 spiro atoms. The predicted molar refractivity (Wildman–Crippen MR) is 55.4 cm³/mol. The molecular weight excluding hydrogens is 388 g/mol. The summed E-state index contributed by atoms with van der Waals surface area (Å²) in [6, 6.07) is 0. The molecule has 0 aliphatic rings. The summed E-state index contributed by atoms with van der Waals surface area (Å²) in [5.74, 6) is 0.294. The van der Waals surface area contributed by atoms with E-state index in [1.54, 1.807) is 20.9 Å². The monoisotopic (exact) mass is 406 g/mol. The number of hydrogen-bond donors (Lipinski definition) is 0. The third-order valence-corrected chi connectivity index (χ3v) is 3.69. The van der Waals surface area contributed by atoms with Gasteiger partial charge in [-0.05, 0) is 0 Å². The fourth-order valence-corrected chi connectivity index (χ4v) is 2.50. The van der Waals surface area contributed by atoms with Gasteiger partial charge in [0, 0.05) is 0 Å². The Bertz CT molecular complexity index is 208. The number of carbonyl (C=O) groups is 2. The molecule has 0 aromatic rings. The fourth-order valence-electron chi connectivity index (χ4n) is 1.10. The average Bonchev–Trinajstić information content (AvgIpc) is 2.18. The number of amides is 2. The van der Waals surface area contributed by atoms with E-state index >= 15 is 0 Å². The first-order chi connectivity index (χ1) is 7.02. The van der Waals surface area contributed by atoms with Gasteiger partial charge < -0.3 is 34.0 Å². The summed E-state index contributed by atoms with van der Waals surface area (Å²) in [7, 11) is 3.57. The van der Waals surface area contributed by atoms with Gasteiger partial charge in [-0.15, -0.1) is 0 Å². The molecule has 0 fully saturated rings. The Labute approximate surface area is 135 Å². The van der Waals surface area contributed by atoms with E-state index in [4.69, 9.17) is 0 Å². The van der Waals surface area contributed by atoms with E-state index in [0.29, 0.717) is 12.8 Å². The Balaban J connectivity index is -0.000000980. The Morgan fingerprint density at radius 2 is 1.18 bits per heavy atom. The molecule has 7 heteroatoms. The molecule has 0 aromatic carbocycles. The molecule has 0 heterocycles. The van der Waals surface area contributed by atoms with Crippen LogP contribution in [0.4, 0.5) is 0 Å². The summed E-state index contributed by atoms with van der Waals surface area (Å²) in [5.41, 5.74) is 0. The maximum Gasteiger partial charge on any atom is -1.00 e. The minimum atomic E-state index is -0.778. The Morgan fingerprint density at radius 1 is 0.882 bits per heavy atom. The molecule has 0 atom stereocenters. The standard InChI is InChI=1S/2C5H11NO.2BrH.Ti/c2*1-3-4-5(7)6-2;;;/h2*3-4H2,1-2H3,(H,6,7);2*1H;/q;;;;+4/p-4. The van der Waals surface area contributed by atoms with Gasteiger partial charge in [0.15, 0.2) is 0 Å². The van der Waals surface area contributed by atoms with Crippen molar-refractivity contribution in [2.75, 3.05) is 14.1 Å². The molecule has 0 saturated carbocycles. The maximum atomic E-state index is 11.5. The molecule has 0 unspecified atom stereocenters. The van der Waals surface area contributed by atoms with Crippen LogP contribution >= 0.6 is 0 Å². The molecule has 17 heavy (non-hydrogen) atoms. The molecule has 0 aliphatic carbocycles. The third-order valence-electron chi connectivity index (χ3n) is 1.98. The van der Waals surface area contributed by atoms with E-state index in [-0.39, 0.29) is 45.8 Å². The molecule has 0 N–H and O–H groups in total. The molecule has 0 aromatic heterocycles. The van der Waals surface area contributed by atoms with Crippen LogP contribution in [0.1, 0.15) is 39.5 Å². The van der Waals surface area contributed by atoms with Crippen molar-refractivity contribution in [1.29, 1.82) is 0 Å². The summed E-state index contributed by atoms with van der Waals surface area (Å²) in [4.78, 5) is 23.0. The van der Waals surface area contributed by atoms with Crippen LogP contribution in [0.3, 0.4) is 0 Å². The van der Waals surface area contributed by atoms with E-state index < -0.39 is 19.7 Å². The smallest absolute Gasteiger partial charge is 1.00 e. The van der Waals surface area contributed by atoms with Crippen molar-refractivity contribution < 1.29 is 63.2 Å². The Kier molecular flexibility index (Phi) is 17.5. The second-order valence-electron chi connectivity index (χ2n) is 3.51. The quantitative estimate of drug-likeness (QED) is 0.416. The van der Waals surface area contributed by atoms with Crippen LogP contribution in [0.15, 0.2) is 0 Å². The molecular formula is C10H20Br2N2O2Ti. The van der Waals surface area contributed by atoms with E-state index in [9.17, 15) is 9.59 Å². The van der Waals surface area contributed by atoms with Crippen LogP contribution < -0.4 is 34.0 Å². The molecule has 0 saturated heterocycles. The van der Waals surface area contributed by atoms with Crippen molar-refractivity contribution in [2.24, 2.45) is 0 Å². The van der Waals surface area contributed by atoms with Crippen molar-refractivity contribution in [3.8, 4) is 0 Å².